The molecule has 0 spiro atoms. The Hall–Kier alpha value is -3.15. The van der Waals surface area contributed by atoms with Gasteiger partial charge in [0.25, 0.3) is 0 Å². The molecule has 1 fully saturated rings. The number of pyridine rings is 2. The minimum absolute atomic E-state index is 0.00268. The van der Waals surface area contributed by atoms with Crippen molar-refractivity contribution < 1.29 is 4.79 Å². The molecular formula is C23H25N5O. The van der Waals surface area contributed by atoms with E-state index in [2.05, 4.69) is 15.0 Å². The number of likely N-dealkylation sites (tertiary alicyclic amines) is 1. The first kappa shape index (κ1) is 19.2. The molecule has 1 atom stereocenters. The molecule has 6 heteroatoms. The largest absolute Gasteiger partial charge is 0.342 e. The van der Waals surface area contributed by atoms with E-state index < -0.39 is 0 Å². The summed E-state index contributed by atoms with van der Waals surface area (Å²) in [6.07, 6.45) is 9.16. The fourth-order valence-corrected chi connectivity index (χ4v) is 3.84. The average Bonchev–Trinajstić information content (AvgIpc) is 2.79. The summed E-state index contributed by atoms with van der Waals surface area (Å²) in [5.41, 5.74) is 3.76. The number of carbonyl (C=O) groups excluding carboxylic acids is 1. The molecule has 3 aromatic rings. The summed E-state index contributed by atoms with van der Waals surface area (Å²) in [7, 11) is 0. The maximum Gasteiger partial charge on any atom is 0.225 e. The van der Waals surface area contributed by atoms with Crippen LogP contribution < -0.4 is 0 Å². The Bertz CT molecular complexity index is 975. The van der Waals surface area contributed by atoms with Gasteiger partial charge in [0.2, 0.25) is 5.91 Å². The molecule has 0 bridgehead atoms. The fraction of sp³-hybridized carbons (Fsp3) is 0.348. The zero-order valence-electron chi connectivity index (χ0n) is 16.8. The summed E-state index contributed by atoms with van der Waals surface area (Å²) in [6, 6.07) is 9.68. The van der Waals surface area contributed by atoms with Gasteiger partial charge >= 0.3 is 0 Å². The molecule has 1 saturated heterocycles. The Kier molecular flexibility index (Phi) is 5.60. The van der Waals surface area contributed by atoms with E-state index in [4.69, 9.17) is 4.98 Å². The van der Waals surface area contributed by atoms with E-state index in [1.807, 2.05) is 55.3 Å². The average molecular weight is 387 g/mol. The second-order valence-corrected chi connectivity index (χ2v) is 7.72. The van der Waals surface area contributed by atoms with Crippen molar-refractivity contribution in [3.63, 3.8) is 0 Å². The Morgan fingerprint density at radius 3 is 2.66 bits per heavy atom. The molecule has 29 heavy (non-hydrogen) atoms. The van der Waals surface area contributed by atoms with Crippen LogP contribution in [0.2, 0.25) is 0 Å². The van der Waals surface area contributed by atoms with Crippen molar-refractivity contribution in [2.75, 3.05) is 13.1 Å². The second kappa shape index (κ2) is 8.47. The minimum Gasteiger partial charge on any atom is -0.342 e. The first-order valence-electron chi connectivity index (χ1n) is 10.1. The molecule has 4 rings (SSSR count). The summed E-state index contributed by atoms with van der Waals surface area (Å²) in [5.74, 6) is 0.993. The van der Waals surface area contributed by atoms with E-state index in [0.29, 0.717) is 12.4 Å². The molecule has 3 aromatic heterocycles. The monoisotopic (exact) mass is 387 g/mol. The van der Waals surface area contributed by atoms with Gasteiger partial charge in [-0.3, -0.25) is 14.8 Å². The second-order valence-electron chi connectivity index (χ2n) is 7.72. The third kappa shape index (κ3) is 4.16. The molecule has 0 aromatic carbocycles. The zero-order valence-corrected chi connectivity index (χ0v) is 16.8. The van der Waals surface area contributed by atoms with Gasteiger partial charge in [-0.15, -0.1) is 0 Å². The van der Waals surface area contributed by atoms with Crippen molar-refractivity contribution in [3.8, 4) is 22.6 Å². The highest BCUT2D eigenvalue weighted by Gasteiger charge is 2.29. The van der Waals surface area contributed by atoms with Crippen LogP contribution >= 0.6 is 0 Å². The van der Waals surface area contributed by atoms with Crippen LogP contribution in [0.3, 0.4) is 0 Å². The van der Waals surface area contributed by atoms with Crippen LogP contribution in [0.4, 0.5) is 0 Å². The fourth-order valence-electron chi connectivity index (χ4n) is 3.84. The standard InChI is InChI=1S/C23H25N5O/c1-16(2)23(29)28-13-5-6-18(15-28)21-19(17-8-11-24-12-9-17)14-26-22(27-21)20-7-3-4-10-25-20/h3-4,7-12,14,16,18H,5-6,13,15H2,1-2H3/t18-/m1/s1. The first-order valence-corrected chi connectivity index (χ1v) is 10.1. The smallest absolute Gasteiger partial charge is 0.225 e. The summed E-state index contributed by atoms with van der Waals surface area (Å²) < 4.78 is 0. The van der Waals surface area contributed by atoms with Crippen molar-refractivity contribution in [2.45, 2.75) is 32.6 Å². The SMILES string of the molecule is CC(C)C(=O)N1CCC[C@@H](c2nc(-c3ccccn3)ncc2-c2ccncc2)C1. The van der Waals surface area contributed by atoms with Gasteiger partial charge in [0.05, 0.1) is 5.69 Å². The predicted octanol–water partition coefficient (Wildman–Crippen LogP) is 3.96. The lowest BCUT2D eigenvalue weighted by atomic mass is 9.89. The molecule has 0 aliphatic carbocycles. The van der Waals surface area contributed by atoms with E-state index in [0.717, 1.165) is 41.9 Å². The number of hydrogen-bond acceptors (Lipinski definition) is 5. The Labute approximate surface area is 171 Å². The highest BCUT2D eigenvalue weighted by molar-refractivity contribution is 5.78. The summed E-state index contributed by atoms with van der Waals surface area (Å²) in [4.78, 5) is 32.6. The number of nitrogens with zero attached hydrogens (tertiary/aromatic N) is 5. The highest BCUT2D eigenvalue weighted by Crippen LogP contribution is 2.34. The first-order chi connectivity index (χ1) is 14.1. The topological polar surface area (TPSA) is 71.9 Å². The van der Waals surface area contributed by atoms with Crippen LogP contribution in [0.25, 0.3) is 22.6 Å². The summed E-state index contributed by atoms with van der Waals surface area (Å²) >= 11 is 0. The van der Waals surface area contributed by atoms with Gasteiger partial charge in [-0.1, -0.05) is 19.9 Å². The molecule has 148 valence electrons. The van der Waals surface area contributed by atoms with Gasteiger partial charge < -0.3 is 4.90 Å². The normalized spacial score (nSPS) is 16.8. The quantitative estimate of drug-likeness (QED) is 0.677. The molecule has 0 saturated carbocycles. The molecule has 6 nitrogen and oxygen atoms in total. The molecule has 0 N–H and O–H groups in total. The molecule has 0 unspecified atom stereocenters. The maximum absolute atomic E-state index is 12.6. The Morgan fingerprint density at radius 1 is 1.10 bits per heavy atom. The number of aromatic nitrogens is 4. The molecule has 4 heterocycles. The number of piperidine rings is 1. The lowest BCUT2D eigenvalue weighted by Crippen LogP contribution is -2.41. The van der Waals surface area contributed by atoms with Gasteiger partial charge in [-0.05, 0) is 42.7 Å². The molecule has 0 radical (unpaired) electrons. The number of hydrogen-bond donors (Lipinski definition) is 0. The molecule has 1 aliphatic rings. The van der Waals surface area contributed by atoms with Crippen molar-refractivity contribution >= 4 is 5.91 Å². The Morgan fingerprint density at radius 2 is 1.93 bits per heavy atom. The van der Waals surface area contributed by atoms with Crippen molar-refractivity contribution in [3.05, 3.63) is 60.8 Å². The number of amides is 1. The van der Waals surface area contributed by atoms with Crippen LogP contribution in [-0.2, 0) is 4.79 Å². The summed E-state index contributed by atoms with van der Waals surface area (Å²) in [5, 5.41) is 0. The molecular weight excluding hydrogens is 362 g/mol. The number of carbonyl (C=O) groups is 1. The van der Waals surface area contributed by atoms with Crippen molar-refractivity contribution in [1.82, 2.24) is 24.8 Å². The van der Waals surface area contributed by atoms with Crippen molar-refractivity contribution in [2.24, 2.45) is 5.92 Å². The molecule has 1 aliphatic heterocycles. The van der Waals surface area contributed by atoms with Gasteiger partial charge in [0, 0.05) is 55.3 Å². The lowest BCUT2D eigenvalue weighted by molar-refractivity contribution is -0.135. The third-order valence-corrected chi connectivity index (χ3v) is 5.32. The van der Waals surface area contributed by atoms with E-state index in [1.54, 1.807) is 18.6 Å². The van der Waals surface area contributed by atoms with E-state index in [-0.39, 0.29) is 17.7 Å². The van der Waals surface area contributed by atoms with Gasteiger partial charge in [-0.25, -0.2) is 9.97 Å². The Balaban J connectivity index is 1.75. The van der Waals surface area contributed by atoms with E-state index in [9.17, 15) is 4.79 Å². The van der Waals surface area contributed by atoms with E-state index >= 15 is 0 Å². The number of rotatable bonds is 4. The molecule has 1 amide bonds. The third-order valence-electron chi connectivity index (χ3n) is 5.32. The highest BCUT2D eigenvalue weighted by atomic mass is 16.2. The van der Waals surface area contributed by atoms with Crippen LogP contribution in [0.5, 0.6) is 0 Å². The summed E-state index contributed by atoms with van der Waals surface area (Å²) in [6.45, 7) is 5.42. The lowest BCUT2D eigenvalue weighted by Gasteiger charge is -2.34. The van der Waals surface area contributed by atoms with Gasteiger partial charge in [-0.2, -0.15) is 0 Å². The van der Waals surface area contributed by atoms with Crippen LogP contribution in [0.15, 0.2) is 55.1 Å². The van der Waals surface area contributed by atoms with E-state index in [1.165, 1.54) is 0 Å². The van der Waals surface area contributed by atoms with Crippen molar-refractivity contribution in [1.29, 1.82) is 0 Å². The van der Waals surface area contributed by atoms with Gasteiger partial charge in [0.1, 0.15) is 5.69 Å². The van der Waals surface area contributed by atoms with Crippen LogP contribution in [0, 0.1) is 5.92 Å². The minimum atomic E-state index is 0.00268. The predicted molar refractivity (Wildman–Crippen MR) is 112 cm³/mol. The van der Waals surface area contributed by atoms with Crippen LogP contribution in [-0.4, -0.2) is 43.8 Å². The maximum atomic E-state index is 12.6. The van der Waals surface area contributed by atoms with Crippen LogP contribution in [0.1, 0.15) is 38.3 Å². The van der Waals surface area contributed by atoms with Gasteiger partial charge in [0.15, 0.2) is 5.82 Å². The zero-order chi connectivity index (χ0) is 20.2.